The molecule has 0 aromatic rings. The quantitative estimate of drug-likeness (QED) is 0.583. The van der Waals surface area contributed by atoms with Gasteiger partial charge < -0.3 is 19.9 Å². The molecule has 0 aromatic carbocycles. The summed E-state index contributed by atoms with van der Waals surface area (Å²) in [4.78, 5) is 0. The van der Waals surface area contributed by atoms with Crippen molar-refractivity contribution >= 4 is 0 Å². The van der Waals surface area contributed by atoms with E-state index in [9.17, 15) is 5.11 Å². The first-order valence-corrected chi connectivity index (χ1v) is 6.20. The van der Waals surface area contributed by atoms with E-state index in [0.29, 0.717) is 19.2 Å². The van der Waals surface area contributed by atoms with E-state index in [1.54, 1.807) is 7.11 Å². The molecule has 1 aliphatic carbocycles. The van der Waals surface area contributed by atoms with Gasteiger partial charge in [-0.05, 0) is 32.1 Å². The zero-order chi connectivity index (χ0) is 11.8. The Balaban J connectivity index is 1.89. The van der Waals surface area contributed by atoms with E-state index in [0.717, 1.165) is 25.6 Å². The van der Waals surface area contributed by atoms with Gasteiger partial charge in [0.25, 0.3) is 0 Å². The standard InChI is InChI=1S/C12H25NO3/c1-10(5-6-15-2)13-7-12(14)9-16-8-11-3-4-11/h10-14H,3-9H2,1-2H3. The molecule has 1 saturated carbocycles. The number of aliphatic hydroxyl groups excluding tert-OH is 1. The van der Waals surface area contributed by atoms with Crippen molar-refractivity contribution < 1.29 is 14.6 Å². The molecule has 1 rings (SSSR count). The number of hydrogen-bond acceptors (Lipinski definition) is 4. The monoisotopic (exact) mass is 231 g/mol. The Bertz CT molecular complexity index is 174. The molecule has 0 aromatic heterocycles. The van der Waals surface area contributed by atoms with Gasteiger partial charge in [-0.25, -0.2) is 0 Å². The number of rotatable bonds is 10. The van der Waals surface area contributed by atoms with Gasteiger partial charge in [-0.15, -0.1) is 0 Å². The van der Waals surface area contributed by atoms with Crippen LogP contribution in [0.3, 0.4) is 0 Å². The maximum atomic E-state index is 9.64. The highest BCUT2D eigenvalue weighted by molar-refractivity contribution is 4.72. The SMILES string of the molecule is COCCC(C)NCC(O)COCC1CC1. The molecule has 0 aliphatic heterocycles. The van der Waals surface area contributed by atoms with Crippen LogP contribution in [-0.4, -0.2) is 50.7 Å². The number of methoxy groups -OCH3 is 1. The number of nitrogens with one attached hydrogen (secondary N) is 1. The normalized spacial score (nSPS) is 19.7. The van der Waals surface area contributed by atoms with Crippen molar-refractivity contribution in [3.8, 4) is 0 Å². The van der Waals surface area contributed by atoms with E-state index in [2.05, 4.69) is 12.2 Å². The average Bonchev–Trinajstić information content (AvgIpc) is 3.07. The predicted molar refractivity (Wildman–Crippen MR) is 63.5 cm³/mol. The number of aliphatic hydroxyl groups is 1. The number of ether oxygens (including phenoxy) is 2. The van der Waals surface area contributed by atoms with Crippen LogP contribution in [0.2, 0.25) is 0 Å². The van der Waals surface area contributed by atoms with E-state index < -0.39 is 6.10 Å². The highest BCUT2D eigenvalue weighted by Crippen LogP contribution is 2.28. The maximum Gasteiger partial charge on any atom is 0.0897 e. The average molecular weight is 231 g/mol. The summed E-state index contributed by atoms with van der Waals surface area (Å²) in [6.07, 6.45) is 3.15. The largest absolute Gasteiger partial charge is 0.389 e. The summed E-state index contributed by atoms with van der Waals surface area (Å²) in [5, 5.41) is 12.9. The fraction of sp³-hybridized carbons (Fsp3) is 1.00. The van der Waals surface area contributed by atoms with Gasteiger partial charge in [0.1, 0.15) is 0 Å². The molecule has 0 amide bonds. The molecule has 4 nitrogen and oxygen atoms in total. The first kappa shape index (κ1) is 13.9. The minimum absolute atomic E-state index is 0.373. The summed E-state index contributed by atoms with van der Waals surface area (Å²) in [5.74, 6) is 0.765. The zero-order valence-electron chi connectivity index (χ0n) is 10.4. The third-order valence-electron chi connectivity index (χ3n) is 2.82. The lowest BCUT2D eigenvalue weighted by molar-refractivity contribution is 0.0310. The molecule has 1 fully saturated rings. The lowest BCUT2D eigenvalue weighted by Crippen LogP contribution is -2.36. The third kappa shape index (κ3) is 7.17. The topological polar surface area (TPSA) is 50.7 Å². The summed E-state index contributed by atoms with van der Waals surface area (Å²) in [5.41, 5.74) is 0. The Labute approximate surface area is 98.3 Å². The molecule has 1 aliphatic rings. The first-order chi connectivity index (χ1) is 7.72. The van der Waals surface area contributed by atoms with E-state index in [-0.39, 0.29) is 0 Å². The Morgan fingerprint density at radius 2 is 2.19 bits per heavy atom. The molecule has 0 saturated heterocycles. The van der Waals surface area contributed by atoms with Gasteiger partial charge in [0, 0.05) is 32.9 Å². The summed E-state index contributed by atoms with van der Waals surface area (Å²) < 4.78 is 10.4. The van der Waals surface area contributed by atoms with Crippen LogP contribution in [0.5, 0.6) is 0 Å². The van der Waals surface area contributed by atoms with Crippen LogP contribution >= 0.6 is 0 Å². The van der Waals surface area contributed by atoms with Crippen LogP contribution in [0.25, 0.3) is 0 Å². The second kappa shape index (κ2) is 8.01. The van der Waals surface area contributed by atoms with Gasteiger partial charge >= 0.3 is 0 Å². The van der Waals surface area contributed by atoms with Gasteiger partial charge in [0.15, 0.2) is 0 Å². The fourth-order valence-electron chi connectivity index (χ4n) is 1.45. The molecular formula is C12H25NO3. The highest BCUT2D eigenvalue weighted by atomic mass is 16.5. The molecule has 4 heteroatoms. The van der Waals surface area contributed by atoms with Crippen molar-refractivity contribution in [1.29, 1.82) is 0 Å². The first-order valence-electron chi connectivity index (χ1n) is 6.20. The minimum atomic E-state index is -0.399. The lowest BCUT2D eigenvalue weighted by Gasteiger charge is -2.16. The van der Waals surface area contributed by atoms with Crippen LogP contribution in [0, 0.1) is 5.92 Å². The Morgan fingerprint density at radius 3 is 2.81 bits per heavy atom. The third-order valence-corrected chi connectivity index (χ3v) is 2.82. The highest BCUT2D eigenvalue weighted by Gasteiger charge is 2.21. The molecule has 2 atom stereocenters. The smallest absolute Gasteiger partial charge is 0.0897 e. The number of hydrogen-bond donors (Lipinski definition) is 2. The second-order valence-corrected chi connectivity index (χ2v) is 4.73. The van der Waals surface area contributed by atoms with Crippen LogP contribution < -0.4 is 5.32 Å². The molecule has 0 spiro atoms. The van der Waals surface area contributed by atoms with Gasteiger partial charge in [-0.3, -0.25) is 0 Å². The second-order valence-electron chi connectivity index (χ2n) is 4.73. The predicted octanol–water partition coefficient (Wildman–Crippen LogP) is 0.788. The molecule has 96 valence electrons. The minimum Gasteiger partial charge on any atom is -0.389 e. The van der Waals surface area contributed by atoms with Crippen LogP contribution in [0.15, 0.2) is 0 Å². The van der Waals surface area contributed by atoms with E-state index in [1.165, 1.54) is 12.8 Å². The van der Waals surface area contributed by atoms with Crippen molar-refractivity contribution in [3.63, 3.8) is 0 Å². The molecule has 2 N–H and O–H groups in total. The van der Waals surface area contributed by atoms with E-state index >= 15 is 0 Å². The van der Waals surface area contributed by atoms with Gasteiger partial charge in [-0.2, -0.15) is 0 Å². The summed E-state index contributed by atoms with van der Waals surface area (Å²) in [6, 6.07) is 0.373. The molecule has 16 heavy (non-hydrogen) atoms. The lowest BCUT2D eigenvalue weighted by atomic mass is 10.2. The van der Waals surface area contributed by atoms with Crippen LogP contribution in [0.1, 0.15) is 26.2 Å². The maximum absolute atomic E-state index is 9.64. The van der Waals surface area contributed by atoms with E-state index in [1.807, 2.05) is 0 Å². The van der Waals surface area contributed by atoms with Gasteiger partial charge in [0.2, 0.25) is 0 Å². The molecule has 0 radical (unpaired) electrons. The molecule has 0 bridgehead atoms. The Hall–Kier alpha value is -0.160. The van der Waals surface area contributed by atoms with Crippen molar-refractivity contribution in [1.82, 2.24) is 5.32 Å². The Morgan fingerprint density at radius 1 is 1.44 bits per heavy atom. The van der Waals surface area contributed by atoms with Crippen LogP contribution in [0.4, 0.5) is 0 Å². The van der Waals surface area contributed by atoms with Crippen molar-refractivity contribution in [2.45, 2.75) is 38.3 Å². The summed E-state index contributed by atoms with van der Waals surface area (Å²) in [7, 11) is 1.70. The summed E-state index contributed by atoms with van der Waals surface area (Å²) >= 11 is 0. The van der Waals surface area contributed by atoms with Gasteiger partial charge in [-0.1, -0.05) is 0 Å². The molecule has 2 unspecified atom stereocenters. The Kier molecular flexibility index (Phi) is 6.96. The van der Waals surface area contributed by atoms with Crippen molar-refractivity contribution in [2.75, 3.05) is 33.5 Å². The van der Waals surface area contributed by atoms with Crippen LogP contribution in [-0.2, 0) is 9.47 Å². The van der Waals surface area contributed by atoms with E-state index in [4.69, 9.17) is 9.47 Å². The molecule has 0 heterocycles. The van der Waals surface area contributed by atoms with Crippen molar-refractivity contribution in [2.24, 2.45) is 5.92 Å². The zero-order valence-corrected chi connectivity index (χ0v) is 10.4. The summed E-state index contributed by atoms with van der Waals surface area (Å²) in [6.45, 7) is 4.70. The fourth-order valence-corrected chi connectivity index (χ4v) is 1.45. The molecular weight excluding hydrogens is 206 g/mol. The van der Waals surface area contributed by atoms with Gasteiger partial charge in [0.05, 0.1) is 12.7 Å². The van der Waals surface area contributed by atoms with Crippen molar-refractivity contribution in [3.05, 3.63) is 0 Å².